The van der Waals surface area contributed by atoms with E-state index in [0.29, 0.717) is 5.39 Å². The molecule has 96 valence electrons. The van der Waals surface area contributed by atoms with E-state index in [9.17, 15) is 0 Å². The van der Waals surface area contributed by atoms with E-state index in [0.717, 1.165) is 5.39 Å². The first-order chi connectivity index (χ1) is 8.19. The van der Waals surface area contributed by atoms with Crippen molar-refractivity contribution < 1.29 is 0 Å². The van der Waals surface area contributed by atoms with Crippen molar-refractivity contribution in [3.05, 3.63) is 41.7 Å². The molecule has 2 aromatic rings. The van der Waals surface area contributed by atoms with E-state index in [1.807, 2.05) is 18.2 Å². The minimum absolute atomic E-state index is 0.215. The Bertz CT molecular complexity index is 584. The van der Waals surface area contributed by atoms with Crippen LogP contribution in [0.25, 0.3) is 10.8 Å². The normalized spacial score (nSPS) is 13.0. The molecular formula is C11H5Cl6N. The summed E-state index contributed by atoms with van der Waals surface area (Å²) in [4.78, 5) is 4.15. The molecule has 18 heavy (non-hydrogen) atoms. The van der Waals surface area contributed by atoms with Crippen LogP contribution in [-0.2, 0) is 7.59 Å². The van der Waals surface area contributed by atoms with Crippen LogP contribution in [0, 0.1) is 0 Å². The highest BCUT2D eigenvalue weighted by molar-refractivity contribution is 6.67. The molecule has 0 fully saturated rings. The van der Waals surface area contributed by atoms with Crippen LogP contribution >= 0.6 is 69.6 Å². The van der Waals surface area contributed by atoms with Gasteiger partial charge in [0.05, 0.1) is 11.4 Å². The number of halogens is 6. The zero-order valence-electron chi connectivity index (χ0n) is 8.60. The molecule has 2 rings (SSSR count). The Hall–Kier alpha value is 0.370. The van der Waals surface area contributed by atoms with Gasteiger partial charge in [0.2, 0.25) is 7.59 Å². The lowest BCUT2D eigenvalue weighted by Gasteiger charge is -2.18. The SMILES string of the molecule is ClC(Cl)(Cl)c1cc2ccccc2c(C(Cl)(Cl)Cl)n1. The molecule has 0 N–H and O–H groups in total. The van der Waals surface area contributed by atoms with Crippen molar-refractivity contribution in [2.75, 3.05) is 0 Å². The molecule has 7 heteroatoms. The molecule has 0 saturated carbocycles. The summed E-state index contributed by atoms with van der Waals surface area (Å²) in [5.41, 5.74) is 0.458. The second-order valence-electron chi connectivity index (χ2n) is 3.57. The first-order valence-corrected chi connectivity index (χ1v) is 7.00. The largest absolute Gasteiger partial charge is 0.248 e. The van der Waals surface area contributed by atoms with Crippen LogP contribution in [0.1, 0.15) is 11.4 Å². The molecule has 1 aromatic heterocycles. The third-order valence-electron chi connectivity index (χ3n) is 2.30. The Balaban J connectivity index is 2.81. The maximum absolute atomic E-state index is 5.90. The van der Waals surface area contributed by atoms with E-state index < -0.39 is 7.59 Å². The molecule has 0 saturated heterocycles. The minimum Gasteiger partial charge on any atom is -0.248 e. The Morgan fingerprint density at radius 3 is 2.00 bits per heavy atom. The van der Waals surface area contributed by atoms with Gasteiger partial charge in [0.1, 0.15) is 0 Å². The van der Waals surface area contributed by atoms with Crippen LogP contribution in [0.5, 0.6) is 0 Å². The number of pyridine rings is 1. The van der Waals surface area contributed by atoms with Gasteiger partial charge in [-0.15, -0.1) is 0 Å². The van der Waals surface area contributed by atoms with Crippen LogP contribution < -0.4 is 0 Å². The van der Waals surface area contributed by atoms with Crippen molar-refractivity contribution in [2.24, 2.45) is 0 Å². The first-order valence-electron chi connectivity index (χ1n) is 4.74. The lowest BCUT2D eigenvalue weighted by molar-refractivity contribution is 1.02. The lowest BCUT2D eigenvalue weighted by Crippen LogP contribution is -2.11. The Morgan fingerprint density at radius 1 is 0.833 bits per heavy atom. The van der Waals surface area contributed by atoms with Crippen LogP contribution in [0.15, 0.2) is 30.3 Å². The van der Waals surface area contributed by atoms with E-state index in [2.05, 4.69) is 4.98 Å². The van der Waals surface area contributed by atoms with Gasteiger partial charge in [0.15, 0.2) is 0 Å². The van der Waals surface area contributed by atoms with Gasteiger partial charge in [0.25, 0.3) is 0 Å². The summed E-state index contributed by atoms with van der Waals surface area (Å²) < 4.78 is -3.36. The second-order valence-corrected chi connectivity index (χ2v) is 8.14. The Labute approximate surface area is 134 Å². The number of benzene rings is 1. The van der Waals surface area contributed by atoms with Crippen molar-refractivity contribution in [3.63, 3.8) is 0 Å². The number of hydrogen-bond acceptors (Lipinski definition) is 1. The van der Waals surface area contributed by atoms with Crippen molar-refractivity contribution >= 4 is 80.4 Å². The summed E-state index contributed by atoms with van der Waals surface area (Å²) in [5, 5.41) is 1.49. The maximum atomic E-state index is 5.90. The Morgan fingerprint density at radius 2 is 1.44 bits per heavy atom. The summed E-state index contributed by atoms with van der Waals surface area (Å²) in [6.07, 6.45) is 0. The van der Waals surface area contributed by atoms with Gasteiger partial charge in [-0.3, -0.25) is 0 Å². The maximum Gasteiger partial charge on any atom is 0.233 e. The zero-order chi connectivity index (χ0) is 13.6. The molecule has 1 aromatic carbocycles. The molecule has 0 atom stereocenters. The summed E-state index contributed by atoms with van der Waals surface area (Å²) >= 11 is 35.2. The molecule has 0 radical (unpaired) electrons. The number of hydrogen-bond donors (Lipinski definition) is 0. The van der Waals surface area contributed by atoms with Gasteiger partial charge >= 0.3 is 0 Å². The third-order valence-corrected chi connectivity index (χ3v) is 3.42. The van der Waals surface area contributed by atoms with Crippen molar-refractivity contribution in [2.45, 2.75) is 7.59 Å². The van der Waals surface area contributed by atoms with Crippen molar-refractivity contribution in [1.29, 1.82) is 0 Å². The van der Waals surface area contributed by atoms with Crippen LogP contribution in [-0.4, -0.2) is 4.98 Å². The molecule has 0 bridgehead atoms. The fourth-order valence-electron chi connectivity index (χ4n) is 1.56. The molecule has 1 heterocycles. The summed E-state index contributed by atoms with van der Waals surface area (Å²) in [5.74, 6) is 0. The highest BCUT2D eigenvalue weighted by atomic mass is 35.6. The Kier molecular flexibility index (Phi) is 4.14. The molecule has 0 amide bonds. The van der Waals surface area contributed by atoms with Crippen LogP contribution in [0.4, 0.5) is 0 Å². The van der Waals surface area contributed by atoms with Gasteiger partial charge in [-0.1, -0.05) is 93.9 Å². The smallest absolute Gasteiger partial charge is 0.233 e. The molecule has 0 unspecified atom stereocenters. The zero-order valence-corrected chi connectivity index (χ0v) is 13.1. The summed E-state index contributed by atoms with van der Waals surface area (Å²) in [6.45, 7) is 0. The highest BCUT2D eigenvalue weighted by Gasteiger charge is 2.32. The highest BCUT2D eigenvalue weighted by Crippen LogP contribution is 2.44. The summed E-state index contributed by atoms with van der Waals surface area (Å²) in [7, 11) is 0. The van der Waals surface area contributed by atoms with Crippen LogP contribution in [0.2, 0.25) is 0 Å². The number of nitrogens with zero attached hydrogens (tertiary/aromatic N) is 1. The summed E-state index contributed by atoms with van der Waals surface area (Å²) in [6, 6.07) is 8.94. The molecule has 0 aliphatic carbocycles. The van der Waals surface area contributed by atoms with Crippen molar-refractivity contribution in [1.82, 2.24) is 4.98 Å². The van der Waals surface area contributed by atoms with Gasteiger partial charge in [-0.05, 0) is 11.5 Å². The minimum atomic E-state index is -1.69. The fourth-order valence-corrected chi connectivity index (χ4v) is 2.28. The van der Waals surface area contributed by atoms with E-state index in [1.54, 1.807) is 12.1 Å². The standard InChI is InChI=1S/C11H5Cl6N/c12-10(13,14)8-5-6-3-1-2-4-7(6)9(18-8)11(15,16)17/h1-5H. The topological polar surface area (TPSA) is 12.9 Å². The van der Waals surface area contributed by atoms with Gasteiger partial charge in [-0.25, -0.2) is 4.98 Å². The van der Waals surface area contributed by atoms with Gasteiger partial charge < -0.3 is 0 Å². The lowest BCUT2D eigenvalue weighted by atomic mass is 10.1. The van der Waals surface area contributed by atoms with E-state index in [-0.39, 0.29) is 11.4 Å². The van der Waals surface area contributed by atoms with E-state index in [4.69, 9.17) is 69.6 Å². The molecular weight excluding hydrogens is 359 g/mol. The average Bonchev–Trinajstić information content (AvgIpc) is 2.25. The average molecular weight is 364 g/mol. The predicted octanol–water partition coefficient (Wildman–Crippen LogP) is 5.89. The van der Waals surface area contributed by atoms with E-state index in [1.165, 1.54) is 0 Å². The molecule has 0 spiro atoms. The van der Waals surface area contributed by atoms with Crippen molar-refractivity contribution in [3.8, 4) is 0 Å². The fraction of sp³-hybridized carbons (Fsp3) is 0.182. The third kappa shape index (κ3) is 3.09. The number of alkyl halides is 6. The molecule has 0 aliphatic rings. The number of fused-ring (bicyclic) bond motifs is 1. The quantitative estimate of drug-likeness (QED) is 0.532. The van der Waals surface area contributed by atoms with Gasteiger partial charge in [-0.2, -0.15) is 0 Å². The first kappa shape index (κ1) is 14.8. The van der Waals surface area contributed by atoms with Gasteiger partial charge in [0, 0.05) is 5.39 Å². The van der Waals surface area contributed by atoms with E-state index >= 15 is 0 Å². The molecule has 1 nitrogen and oxygen atoms in total. The molecule has 0 aliphatic heterocycles. The number of rotatable bonds is 0. The monoisotopic (exact) mass is 361 g/mol. The second kappa shape index (κ2) is 5.05. The predicted molar refractivity (Wildman–Crippen MR) is 80.2 cm³/mol. The number of aromatic nitrogens is 1. The van der Waals surface area contributed by atoms with Crippen LogP contribution in [0.3, 0.4) is 0 Å².